The summed E-state index contributed by atoms with van der Waals surface area (Å²) in [5, 5.41) is 5.23. The molecule has 1 rings (SSSR count). The number of rotatable bonds is 9. The minimum atomic E-state index is -0.864. The zero-order valence-corrected chi connectivity index (χ0v) is 17.1. The van der Waals surface area contributed by atoms with E-state index in [9.17, 15) is 14.4 Å². The van der Waals surface area contributed by atoms with Crippen molar-refractivity contribution in [3.8, 4) is 0 Å². The van der Waals surface area contributed by atoms with Gasteiger partial charge in [0, 0.05) is 6.42 Å². The second-order valence-corrected chi connectivity index (χ2v) is 8.12. The van der Waals surface area contributed by atoms with E-state index in [-0.39, 0.29) is 6.42 Å². The number of thioether (sulfide) groups is 1. The molecule has 2 atom stereocenters. The fraction of sp³-hybridized carbons (Fsp3) is 0.526. The van der Waals surface area contributed by atoms with Crippen LogP contribution < -0.4 is 16.4 Å². The van der Waals surface area contributed by atoms with E-state index in [0.717, 1.165) is 5.56 Å². The number of alkyl carbamates (subject to hydrolysis) is 1. The molecule has 0 heterocycles. The first-order valence-electron chi connectivity index (χ1n) is 8.74. The van der Waals surface area contributed by atoms with Gasteiger partial charge in [-0.05, 0) is 44.8 Å². The summed E-state index contributed by atoms with van der Waals surface area (Å²) in [6.07, 6.45) is 1.92. The van der Waals surface area contributed by atoms with Crippen molar-refractivity contribution < 1.29 is 19.1 Å². The highest BCUT2D eigenvalue weighted by Gasteiger charge is 2.27. The van der Waals surface area contributed by atoms with Crippen molar-refractivity contribution in [3.63, 3.8) is 0 Å². The number of hydrogen-bond donors (Lipinski definition) is 3. The first-order valence-corrected chi connectivity index (χ1v) is 10.1. The molecule has 0 saturated carbocycles. The third-order valence-corrected chi connectivity index (χ3v) is 4.20. The lowest BCUT2D eigenvalue weighted by atomic mass is 10.0. The predicted octanol–water partition coefficient (Wildman–Crippen LogP) is 1.85. The topological polar surface area (TPSA) is 111 Å². The Labute approximate surface area is 164 Å². The third kappa shape index (κ3) is 9.33. The van der Waals surface area contributed by atoms with Crippen LogP contribution in [0.3, 0.4) is 0 Å². The SMILES string of the molecule is CSCC[C@H](NC(=O)OC(C)(C)C)C(=O)NC(Cc1ccccc1)C(N)=O. The van der Waals surface area contributed by atoms with E-state index in [1.165, 1.54) is 0 Å². The highest BCUT2D eigenvalue weighted by atomic mass is 32.2. The second kappa shape index (κ2) is 10.8. The van der Waals surface area contributed by atoms with Crippen LogP contribution in [-0.4, -0.2) is 47.6 Å². The van der Waals surface area contributed by atoms with E-state index in [4.69, 9.17) is 10.5 Å². The molecule has 0 aliphatic heterocycles. The molecule has 0 bridgehead atoms. The summed E-state index contributed by atoms with van der Waals surface area (Å²) in [7, 11) is 0. The van der Waals surface area contributed by atoms with Crippen molar-refractivity contribution >= 4 is 29.7 Å². The van der Waals surface area contributed by atoms with Crippen LogP contribution in [0.4, 0.5) is 4.79 Å². The highest BCUT2D eigenvalue weighted by molar-refractivity contribution is 7.98. The second-order valence-electron chi connectivity index (χ2n) is 7.13. The predicted molar refractivity (Wildman–Crippen MR) is 107 cm³/mol. The summed E-state index contributed by atoms with van der Waals surface area (Å²) >= 11 is 1.55. The molecule has 8 heteroatoms. The van der Waals surface area contributed by atoms with Crippen LogP contribution >= 0.6 is 11.8 Å². The zero-order chi connectivity index (χ0) is 20.4. The van der Waals surface area contributed by atoms with Crippen molar-refractivity contribution in [2.24, 2.45) is 5.73 Å². The van der Waals surface area contributed by atoms with Gasteiger partial charge >= 0.3 is 6.09 Å². The Morgan fingerprint density at radius 2 is 1.74 bits per heavy atom. The fourth-order valence-corrected chi connectivity index (χ4v) is 2.77. The van der Waals surface area contributed by atoms with Gasteiger partial charge in [-0.3, -0.25) is 9.59 Å². The Morgan fingerprint density at radius 3 is 2.26 bits per heavy atom. The molecule has 27 heavy (non-hydrogen) atoms. The highest BCUT2D eigenvalue weighted by Crippen LogP contribution is 2.09. The quantitative estimate of drug-likeness (QED) is 0.591. The van der Waals surface area contributed by atoms with Crippen LogP contribution in [0, 0.1) is 0 Å². The van der Waals surface area contributed by atoms with E-state index >= 15 is 0 Å². The van der Waals surface area contributed by atoms with E-state index in [2.05, 4.69) is 10.6 Å². The number of benzene rings is 1. The molecular formula is C19H29N3O4S. The van der Waals surface area contributed by atoms with Crippen molar-refractivity contribution in [2.75, 3.05) is 12.0 Å². The summed E-state index contributed by atoms with van der Waals surface area (Å²) in [5.41, 5.74) is 5.65. The van der Waals surface area contributed by atoms with Gasteiger partial charge in [-0.15, -0.1) is 0 Å². The van der Waals surface area contributed by atoms with Crippen molar-refractivity contribution in [2.45, 2.75) is 51.3 Å². The van der Waals surface area contributed by atoms with Gasteiger partial charge in [-0.2, -0.15) is 11.8 Å². The van der Waals surface area contributed by atoms with E-state index in [1.54, 1.807) is 32.5 Å². The molecule has 0 saturated heterocycles. The maximum absolute atomic E-state index is 12.7. The van der Waals surface area contributed by atoms with E-state index < -0.39 is 35.6 Å². The molecular weight excluding hydrogens is 366 g/mol. The first kappa shape index (κ1) is 22.8. The van der Waals surface area contributed by atoms with E-state index in [1.807, 2.05) is 36.6 Å². The molecule has 1 aromatic carbocycles. The van der Waals surface area contributed by atoms with Gasteiger partial charge in [0.25, 0.3) is 0 Å². The number of carbonyl (C=O) groups excluding carboxylic acids is 3. The maximum atomic E-state index is 12.7. The van der Waals surface area contributed by atoms with Gasteiger partial charge in [-0.25, -0.2) is 4.79 Å². The molecule has 0 aliphatic rings. The Bertz CT molecular complexity index is 632. The van der Waals surface area contributed by atoms with Gasteiger partial charge in [0.05, 0.1) is 0 Å². The largest absolute Gasteiger partial charge is 0.444 e. The molecule has 0 spiro atoms. The van der Waals surface area contributed by atoms with Crippen LogP contribution in [-0.2, 0) is 20.7 Å². The molecule has 3 amide bonds. The lowest BCUT2D eigenvalue weighted by molar-refractivity contribution is -0.128. The minimum Gasteiger partial charge on any atom is -0.444 e. The Hall–Kier alpha value is -2.22. The fourth-order valence-electron chi connectivity index (χ4n) is 2.30. The zero-order valence-electron chi connectivity index (χ0n) is 16.3. The average molecular weight is 396 g/mol. The number of primary amides is 1. The van der Waals surface area contributed by atoms with E-state index in [0.29, 0.717) is 12.2 Å². The molecule has 150 valence electrons. The summed E-state index contributed by atoms with van der Waals surface area (Å²) in [6.45, 7) is 5.23. The summed E-state index contributed by atoms with van der Waals surface area (Å²) in [4.78, 5) is 36.5. The van der Waals surface area contributed by atoms with Gasteiger partial charge < -0.3 is 21.1 Å². The lowest BCUT2D eigenvalue weighted by Gasteiger charge is -2.24. The third-order valence-electron chi connectivity index (χ3n) is 3.56. The number of amides is 3. The normalized spacial score (nSPS) is 13.3. The lowest BCUT2D eigenvalue weighted by Crippen LogP contribution is -2.54. The smallest absolute Gasteiger partial charge is 0.408 e. The number of nitrogens with two attached hydrogens (primary N) is 1. The van der Waals surface area contributed by atoms with Crippen LogP contribution in [0.2, 0.25) is 0 Å². The number of carbonyl (C=O) groups is 3. The van der Waals surface area contributed by atoms with Crippen molar-refractivity contribution in [1.29, 1.82) is 0 Å². The number of hydrogen-bond acceptors (Lipinski definition) is 5. The molecule has 0 fully saturated rings. The minimum absolute atomic E-state index is 0.281. The Kier molecular flexibility index (Phi) is 9.14. The maximum Gasteiger partial charge on any atom is 0.408 e. The number of ether oxygens (including phenoxy) is 1. The van der Waals surface area contributed by atoms with Crippen molar-refractivity contribution in [1.82, 2.24) is 10.6 Å². The summed E-state index contributed by atoms with van der Waals surface area (Å²) in [6, 6.07) is 7.59. The molecule has 1 aromatic rings. The van der Waals surface area contributed by atoms with Crippen LogP contribution in [0.5, 0.6) is 0 Å². The molecule has 0 radical (unpaired) electrons. The van der Waals surface area contributed by atoms with Gasteiger partial charge in [0.2, 0.25) is 11.8 Å². The van der Waals surface area contributed by atoms with Gasteiger partial charge in [0.1, 0.15) is 17.7 Å². The van der Waals surface area contributed by atoms with Gasteiger partial charge in [-0.1, -0.05) is 30.3 Å². The molecule has 7 nitrogen and oxygen atoms in total. The van der Waals surface area contributed by atoms with Crippen molar-refractivity contribution in [3.05, 3.63) is 35.9 Å². The monoisotopic (exact) mass is 395 g/mol. The average Bonchev–Trinajstić information content (AvgIpc) is 2.57. The Balaban J connectivity index is 2.79. The molecule has 1 unspecified atom stereocenters. The summed E-state index contributed by atoms with van der Waals surface area (Å²) in [5.74, 6) is -0.434. The number of nitrogens with one attached hydrogen (secondary N) is 2. The van der Waals surface area contributed by atoms with Crippen LogP contribution in [0.15, 0.2) is 30.3 Å². The standard InChI is InChI=1S/C19H29N3O4S/c1-19(2,3)26-18(25)22-14(10-11-27-4)17(24)21-15(16(20)23)12-13-8-6-5-7-9-13/h5-9,14-15H,10-12H2,1-4H3,(H2,20,23)(H,21,24)(H,22,25)/t14-,15?/m0/s1. The Morgan fingerprint density at radius 1 is 1.11 bits per heavy atom. The summed E-state index contributed by atoms with van der Waals surface area (Å²) < 4.78 is 5.22. The first-order chi connectivity index (χ1) is 12.6. The molecule has 0 aromatic heterocycles. The molecule has 0 aliphatic carbocycles. The van der Waals surface area contributed by atoms with Crippen LogP contribution in [0.1, 0.15) is 32.8 Å². The van der Waals surface area contributed by atoms with Crippen LogP contribution in [0.25, 0.3) is 0 Å². The molecule has 4 N–H and O–H groups in total. The van der Waals surface area contributed by atoms with Gasteiger partial charge in [0.15, 0.2) is 0 Å².